The van der Waals surface area contributed by atoms with E-state index in [0.717, 1.165) is 56.7 Å². The van der Waals surface area contributed by atoms with E-state index in [0.29, 0.717) is 5.75 Å². The van der Waals surface area contributed by atoms with E-state index in [1.165, 1.54) is 18.4 Å². The van der Waals surface area contributed by atoms with Crippen molar-refractivity contribution < 1.29 is 14.9 Å². The summed E-state index contributed by atoms with van der Waals surface area (Å²) in [5, 5.41) is 22.4. The lowest BCUT2D eigenvalue weighted by atomic mass is 9.49. The number of hydrogen-bond acceptors (Lipinski definition) is 4. The normalized spacial score (nSPS) is 42.5. The van der Waals surface area contributed by atoms with Gasteiger partial charge in [0.25, 0.3) is 0 Å². The molecule has 2 aliphatic heterocycles. The lowest BCUT2D eigenvalue weighted by Gasteiger charge is -2.63. The Hall–Kier alpha value is -1.26. The molecule has 3 fully saturated rings. The summed E-state index contributed by atoms with van der Waals surface area (Å²) < 4.78 is 6.27. The predicted molar refractivity (Wildman–Crippen MR) is 89.4 cm³/mol. The van der Waals surface area contributed by atoms with Crippen molar-refractivity contribution in [2.45, 2.75) is 68.1 Å². The predicted octanol–water partition coefficient (Wildman–Crippen LogP) is 2.35. The number of piperidine rings is 1. The molecule has 1 unspecified atom stereocenters. The Labute approximate surface area is 142 Å². The SMILES string of the molecule is Oc1ccc2c3c1O[C@@H]1CCC[C@]4(O)C(C2)N(CC2CC2)CC[C@@]314. The maximum Gasteiger partial charge on any atom is 0.165 e. The highest BCUT2D eigenvalue weighted by atomic mass is 16.5. The lowest BCUT2D eigenvalue weighted by Crippen LogP contribution is -2.75. The molecule has 6 rings (SSSR count). The monoisotopic (exact) mass is 327 g/mol. The fraction of sp³-hybridized carbons (Fsp3) is 0.700. The quantitative estimate of drug-likeness (QED) is 0.875. The van der Waals surface area contributed by atoms with Crippen LogP contribution in [0, 0.1) is 5.92 Å². The lowest BCUT2D eigenvalue weighted by molar-refractivity contribution is -0.185. The Balaban J connectivity index is 1.56. The number of rotatable bonds is 2. The average molecular weight is 327 g/mol. The van der Waals surface area contributed by atoms with Gasteiger partial charge < -0.3 is 14.9 Å². The van der Waals surface area contributed by atoms with Crippen molar-refractivity contribution in [1.29, 1.82) is 0 Å². The molecule has 4 atom stereocenters. The van der Waals surface area contributed by atoms with Crippen LogP contribution < -0.4 is 4.74 Å². The van der Waals surface area contributed by atoms with E-state index in [4.69, 9.17) is 4.74 Å². The van der Waals surface area contributed by atoms with Gasteiger partial charge in [0, 0.05) is 18.2 Å². The van der Waals surface area contributed by atoms with Gasteiger partial charge in [0.15, 0.2) is 11.5 Å². The van der Waals surface area contributed by atoms with Gasteiger partial charge in [-0.3, -0.25) is 4.90 Å². The molecule has 1 aromatic rings. The number of aromatic hydroxyl groups is 1. The van der Waals surface area contributed by atoms with Crippen LogP contribution in [0.15, 0.2) is 12.1 Å². The maximum absolute atomic E-state index is 12.0. The fourth-order valence-electron chi connectivity index (χ4n) is 6.48. The third-order valence-corrected chi connectivity index (χ3v) is 7.66. The second-order valence-electron chi connectivity index (χ2n) is 8.75. The van der Waals surface area contributed by atoms with Crippen LogP contribution in [0.3, 0.4) is 0 Å². The summed E-state index contributed by atoms with van der Waals surface area (Å²) in [7, 11) is 0. The number of ether oxygens (including phenoxy) is 1. The van der Waals surface area contributed by atoms with Gasteiger partial charge in [-0.05, 0) is 69.0 Å². The Morgan fingerprint density at radius 2 is 2.08 bits per heavy atom. The van der Waals surface area contributed by atoms with Crippen molar-refractivity contribution in [1.82, 2.24) is 4.90 Å². The maximum atomic E-state index is 12.0. The minimum atomic E-state index is -0.699. The summed E-state index contributed by atoms with van der Waals surface area (Å²) >= 11 is 0. The first-order valence-corrected chi connectivity index (χ1v) is 9.62. The Bertz CT molecular complexity index is 730. The molecule has 1 aromatic carbocycles. The zero-order valence-electron chi connectivity index (χ0n) is 14.0. The van der Waals surface area contributed by atoms with E-state index in [1.54, 1.807) is 6.07 Å². The standard InChI is InChI=1S/C20H25NO3/c22-14-6-5-13-10-15-20(23)7-1-2-16-19(20,17(13)18(14)24-16)8-9-21(15)11-12-3-4-12/h5-6,12,15-16,22-23H,1-4,7-11H2/t15?,16-,19+,20+/m1/s1. The molecular weight excluding hydrogens is 302 g/mol. The topological polar surface area (TPSA) is 52.9 Å². The van der Waals surface area contributed by atoms with Crippen LogP contribution in [-0.2, 0) is 11.8 Å². The van der Waals surface area contributed by atoms with Crippen molar-refractivity contribution in [2.75, 3.05) is 13.1 Å². The van der Waals surface area contributed by atoms with E-state index in [1.807, 2.05) is 0 Å². The number of phenolic OH excluding ortho intramolecular Hbond substituents is 1. The highest BCUT2D eigenvalue weighted by Gasteiger charge is 2.71. The van der Waals surface area contributed by atoms with Crippen molar-refractivity contribution in [3.63, 3.8) is 0 Å². The molecule has 0 radical (unpaired) electrons. The molecule has 24 heavy (non-hydrogen) atoms. The molecule has 2 N–H and O–H groups in total. The summed E-state index contributed by atoms with van der Waals surface area (Å²) in [6.45, 7) is 2.20. The molecule has 5 aliphatic rings. The minimum absolute atomic E-state index is 0.0316. The van der Waals surface area contributed by atoms with Crippen molar-refractivity contribution in [3.05, 3.63) is 23.3 Å². The largest absolute Gasteiger partial charge is 0.504 e. The number of phenols is 1. The van der Waals surface area contributed by atoms with Gasteiger partial charge in [0.2, 0.25) is 0 Å². The molecule has 4 heteroatoms. The summed E-state index contributed by atoms with van der Waals surface area (Å²) in [6.07, 6.45) is 7.47. The van der Waals surface area contributed by atoms with Gasteiger partial charge in [0.05, 0.1) is 11.0 Å². The van der Waals surface area contributed by atoms with Crippen LogP contribution in [0.2, 0.25) is 0 Å². The average Bonchev–Trinajstić information content (AvgIpc) is 3.30. The van der Waals surface area contributed by atoms with Gasteiger partial charge in [-0.25, -0.2) is 0 Å². The van der Waals surface area contributed by atoms with Gasteiger partial charge >= 0.3 is 0 Å². The molecule has 0 aromatic heterocycles. The highest BCUT2D eigenvalue weighted by Crippen LogP contribution is 2.65. The number of aliphatic hydroxyl groups is 1. The molecule has 3 aliphatic carbocycles. The molecule has 0 amide bonds. The van der Waals surface area contributed by atoms with Crippen LogP contribution in [0.4, 0.5) is 0 Å². The smallest absolute Gasteiger partial charge is 0.165 e. The van der Waals surface area contributed by atoms with Crippen LogP contribution in [0.5, 0.6) is 11.5 Å². The second kappa shape index (κ2) is 4.28. The van der Waals surface area contributed by atoms with E-state index in [-0.39, 0.29) is 23.3 Å². The first-order valence-electron chi connectivity index (χ1n) is 9.62. The zero-order chi connectivity index (χ0) is 16.1. The summed E-state index contributed by atoms with van der Waals surface area (Å²) in [6, 6.07) is 4.07. The van der Waals surface area contributed by atoms with Gasteiger partial charge in [0.1, 0.15) is 6.10 Å². The van der Waals surface area contributed by atoms with Gasteiger partial charge in [-0.2, -0.15) is 0 Å². The van der Waals surface area contributed by atoms with Crippen LogP contribution in [0.1, 0.15) is 49.7 Å². The molecule has 2 heterocycles. The first kappa shape index (κ1) is 14.0. The second-order valence-corrected chi connectivity index (χ2v) is 8.75. The third kappa shape index (κ3) is 1.45. The van der Waals surface area contributed by atoms with Crippen molar-refractivity contribution in [3.8, 4) is 11.5 Å². The van der Waals surface area contributed by atoms with Gasteiger partial charge in [-0.15, -0.1) is 0 Å². The van der Waals surface area contributed by atoms with E-state index in [2.05, 4.69) is 11.0 Å². The van der Waals surface area contributed by atoms with Crippen molar-refractivity contribution in [2.24, 2.45) is 5.92 Å². The molecule has 128 valence electrons. The third-order valence-electron chi connectivity index (χ3n) is 7.66. The summed E-state index contributed by atoms with van der Waals surface area (Å²) in [5.41, 5.74) is 1.45. The minimum Gasteiger partial charge on any atom is -0.504 e. The molecule has 1 spiro atoms. The number of nitrogens with zero attached hydrogens (tertiary/aromatic N) is 1. The molecular formula is C20H25NO3. The van der Waals surface area contributed by atoms with E-state index in [9.17, 15) is 10.2 Å². The summed E-state index contributed by atoms with van der Waals surface area (Å²) in [5.74, 6) is 1.77. The van der Waals surface area contributed by atoms with Crippen LogP contribution in [0.25, 0.3) is 0 Å². The van der Waals surface area contributed by atoms with Crippen LogP contribution >= 0.6 is 0 Å². The van der Waals surface area contributed by atoms with Crippen LogP contribution in [-0.4, -0.2) is 45.9 Å². The Morgan fingerprint density at radius 1 is 1.21 bits per heavy atom. The molecule has 2 saturated carbocycles. The molecule has 1 saturated heterocycles. The highest BCUT2D eigenvalue weighted by molar-refractivity contribution is 5.62. The van der Waals surface area contributed by atoms with Gasteiger partial charge in [-0.1, -0.05) is 6.07 Å². The summed E-state index contributed by atoms with van der Waals surface area (Å²) in [4.78, 5) is 2.58. The zero-order valence-corrected chi connectivity index (χ0v) is 14.0. The van der Waals surface area contributed by atoms with E-state index < -0.39 is 5.60 Å². The van der Waals surface area contributed by atoms with E-state index >= 15 is 0 Å². The molecule has 4 nitrogen and oxygen atoms in total. The fourth-order valence-corrected chi connectivity index (χ4v) is 6.48. The number of likely N-dealkylation sites (tertiary alicyclic amines) is 1. The Morgan fingerprint density at radius 3 is 2.92 bits per heavy atom. The first-order chi connectivity index (χ1) is 11.6. The number of hydrogen-bond donors (Lipinski definition) is 2. The Kier molecular flexibility index (Phi) is 2.49. The molecule has 2 bridgehead atoms. The van der Waals surface area contributed by atoms with Crippen molar-refractivity contribution >= 4 is 0 Å². The number of benzene rings is 1.